The molecule has 0 heterocycles. The van der Waals surface area contributed by atoms with Crippen molar-refractivity contribution in [2.45, 2.75) is 19.4 Å². The Balaban J connectivity index is 3.14. The Kier molecular flexibility index (Phi) is 2.38. The van der Waals surface area contributed by atoms with Gasteiger partial charge in [0, 0.05) is 5.56 Å². The summed E-state index contributed by atoms with van der Waals surface area (Å²) in [5, 5.41) is 9.71. The van der Waals surface area contributed by atoms with Crippen molar-refractivity contribution in [2.24, 2.45) is 0 Å². The second-order valence-corrected chi connectivity index (χ2v) is 3.19. The lowest BCUT2D eigenvalue weighted by Gasteiger charge is -2.20. The third-order valence-electron chi connectivity index (χ3n) is 1.71. The molecule has 0 bridgehead atoms. The number of benzene rings is 1. The Labute approximate surface area is 72.8 Å². The highest BCUT2D eigenvalue weighted by Gasteiger charge is 2.19. The Morgan fingerprint density at radius 1 is 1.50 bits per heavy atom. The molecule has 2 heteroatoms. The van der Waals surface area contributed by atoms with Crippen molar-refractivity contribution >= 4 is 0 Å². The molecule has 0 fully saturated rings. The highest BCUT2D eigenvalue weighted by atomic mass is 16.5. The highest BCUT2D eigenvalue weighted by molar-refractivity contribution is 5.36. The molecule has 0 atom stereocenters. The van der Waals surface area contributed by atoms with Crippen molar-refractivity contribution in [3.8, 4) is 5.75 Å². The van der Waals surface area contributed by atoms with Gasteiger partial charge in [0.2, 0.25) is 0 Å². The van der Waals surface area contributed by atoms with Gasteiger partial charge in [-0.05, 0) is 26.0 Å². The zero-order chi connectivity index (χ0) is 9.19. The summed E-state index contributed by atoms with van der Waals surface area (Å²) >= 11 is 0. The minimum atomic E-state index is -0.861. The molecular weight excluding hydrogens is 152 g/mol. The summed E-state index contributed by atoms with van der Waals surface area (Å²) in [6.45, 7) is 3.45. The largest absolute Gasteiger partial charge is 0.496 e. The number of ether oxygens (including phenoxy) is 1. The van der Waals surface area contributed by atoms with Crippen molar-refractivity contribution < 1.29 is 9.84 Å². The summed E-state index contributed by atoms with van der Waals surface area (Å²) in [6, 6.07) is 8.17. The van der Waals surface area contributed by atoms with Gasteiger partial charge in [-0.3, -0.25) is 0 Å². The van der Waals surface area contributed by atoms with Crippen molar-refractivity contribution in [2.75, 3.05) is 7.11 Å². The molecule has 1 rings (SSSR count). The van der Waals surface area contributed by atoms with Crippen LogP contribution in [0.15, 0.2) is 18.2 Å². The van der Waals surface area contributed by atoms with Crippen LogP contribution in [0.4, 0.5) is 0 Å². The van der Waals surface area contributed by atoms with E-state index in [0.29, 0.717) is 5.75 Å². The van der Waals surface area contributed by atoms with Gasteiger partial charge in [-0.25, -0.2) is 0 Å². The zero-order valence-corrected chi connectivity index (χ0v) is 7.59. The van der Waals surface area contributed by atoms with E-state index < -0.39 is 5.60 Å². The maximum atomic E-state index is 9.71. The lowest BCUT2D eigenvalue weighted by molar-refractivity contribution is 0.0756. The van der Waals surface area contributed by atoms with Gasteiger partial charge >= 0.3 is 0 Å². The van der Waals surface area contributed by atoms with Crippen LogP contribution in [-0.4, -0.2) is 12.2 Å². The molecular formula is C10H13O2. The summed E-state index contributed by atoms with van der Waals surface area (Å²) in [5.74, 6) is 0.671. The van der Waals surface area contributed by atoms with Crippen LogP contribution in [0.2, 0.25) is 0 Å². The first kappa shape index (κ1) is 9.07. The van der Waals surface area contributed by atoms with Gasteiger partial charge in [-0.15, -0.1) is 0 Å². The van der Waals surface area contributed by atoms with Gasteiger partial charge in [-0.2, -0.15) is 0 Å². The standard InChI is InChI=1S/C10H13O2/c1-10(2,11)8-6-4-5-7-9(8)12-3/h4,6-7,11H,1-3H3. The van der Waals surface area contributed by atoms with E-state index in [4.69, 9.17) is 4.74 Å². The van der Waals surface area contributed by atoms with E-state index in [1.54, 1.807) is 39.2 Å². The summed E-state index contributed by atoms with van der Waals surface area (Å²) < 4.78 is 5.08. The average Bonchev–Trinajstić information content (AvgIpc) is 2.03. The van der Waals surface area contributed by atoms with E-state index in [2.05, 4.69) is 6.07 Å². The molecule has 2 nitrogen and oxygen atoms in total. The van der Waals surface area contributed by atoms with Crippen molar-refractivity contribution in [1.29, 1.82) is 0 Å². The third kappa shape index (κ3) is 1.77. The summed E-state index contributed by atoms with van der Waals surface area (Å²) in [4.78, 5) is 0. The predicted molar refractivity (Wildman–Crippen MR) is 47.1 cm³/mol. The monoisotopic (exact) mass is 165 g/mol. The summed E-state index contributed by atoms with van der Waals surface area (Å²) in [5.41, 5.74) is -0.0794. The topological polar surface area (TPSA) is 29.5 Å². The maximum Gasteiger partial charge on any atom is 0.125 e. The SMILES string of the molecule is COc1c[c]ccc1C(C)(C)O. The van der Waals surface area contributed by atoms with Crippen molar-refractivity contribution in [1.82, 2.24) is 0 Å². The Hall–Kier alpha value is -1.02. The molecule has 1 aromatic carbocycles. The lowest BCUT2D eigenvalue weighted by Crippen LogP contribution is -2.16. The molecule has 0 saturated carbocycles. The van der Waals surface area contributed by atoms with Gasteiger partial charge in [0.1, 0.15) is 5.75 Å². The van der Waals surface area contributed by atoms with Crippen LogP contribution < -0.4 is 4.74 Å². The molecule has 0 amide bonds. The van der Waals surface area contributed by atoms with E-state index in [-0.39, 0.29) is 0 Å². The first-order valence-electron chi connectivity index (χ1n) is 3.82. The van der Waals surface area contributed by atoms with Gasteiger partial charge in [0.05, 0.1) is 12.7 Å². The second kappa shape index (κ2) is 3.15. The Bertz CT molecular complexity index is 261. The van der Waals surface area contributed by atoms with Crippen molar-refractivity contribution in [3.05, 3.63) is 29.8 Å². The molecule has 0 aliphatic rings. The first-order chi connectivity index (χ1) is 5.55. The summed E-state index contributed by atoms with van der Waals surface area (Å²) in [6.07, 6.45) is 0. The van der Waals surface area contributed by atoms with Crippen LogP contribution in [0.1, 0.15) is 19.4 Å². The molecule has 12 heavy (non-hydrogen) atoms. The Morgan fingerprint density at radius 3 is 2.58 bits per heavy atom. The molecule has 0 unspecified atom stereocenters. The molecule has 1 aromatic rings. The number of rotatable bonds is 2. The molecule has 0 aliphatic carbocycles. The van der Waals surface area contributed by atoms with Crippen LogP contribution in [0.3, 0.4) is 0 Å². The van der Waals surface area contributed by atoms with Crippen LogP contribution in [0.25, 0.3) is 0 Å². The molecule has 0 saturated heterocycles. The van der Waals surface area contributed by atoms with E-state index in [0.717, 1.165) is 5.56 Å². The van der Waals surface area contributed by atoms with Crippen LogP contribution in [-0.2, 0) is 5.60 Å². The van der Waals surface area contributed by atoms with E-state index in [1.165, 1.54) is 0 Å². The first-order valence-corrected chi connectivity index (χ1v) is 3.82. The predicted octanol–water partition coefficient (Wildman–Crippen LogP) is 1.72. The second-order valence-electron chi connectivity index (χ2n) is 3.19. The van der Waals surface area contributed by atoms with Gasteiger partial charge < -0.3 is 9.84 Å². The number of methoxy groups -OCH3 is 1. The third-order valence-corrected chi connectivity index (χ3v) is 1.71. The van der Waals surface area contributed by atoms with Crippen LogP contribution in [0, 0.1) is 6.07 Å². The minimum Gasteiger partial charge on any atom is -0.496 e. The van der Waals surface area contributed by atoms with Gasteiger partial charge in [-0.1, -0.05) is 12.1 Å². The Morgan fingerprint density at radius 2 is 2.17 bits per heavy atom. The fourth-order valence-corrected chi connectivity index (χ4v) is 1.09. The molecule has 0 spiro atoms. The highest BCUT2D eigenvalue weighted by Crippen LogP contribution is 2.28. The zero-order valence-electron chi connectivity index (χ0n) is 7.59. The lowest BCUT2D eigenvalue weighted by atomic mass is 9.97. The molecule has 1 N–H and O–H groups in total. The van der Waals surface area contributed by atoms with E-state index in [9.17, 15) is 5.11 Å². The molecule has 0 aromatic heterocycles. The fraction of sp³-hybridized carbons (Fsp3) is 0.400. The fourth-order valence-electron chi connectivity index (χ4n) is 1.09. The van der Waals surface area contributed by atoms with Crippen molar-refractivity contribution in [3.63, 3.8) is 0 Å². The average molecular weight is 165 g/mol. The van der Waals surface area contributed by atoms with E-state index in [1.807, 2.05) is 0 Å². The number of aliphatic hydroxyl groups is 1. The normalized spacial score (nSPS) is 11.3. The van der Waals surface area contributed by atoms with E-state index >= 15 is 0 Å². The summed E-state index contributed by atoms with van der Waals surface area (Å²) in [7, 11) is 1.58. The number of hydrogen-bond donors (Lipinski definition) is 1. The molecule has 1 radical (unpaired) electrons. The minimum absolute atomic E-state index is 0.671. The van der Waals surface area contributed by atoms with Crippen LogP contribution in [0.5, 0.6) is 5.75 Å². The van der Waals surface area contributed by atoms with Crippen LogP contribution >= 0.6 is 0 Å². The molecule has 0 aliphatic heterocycles. The van der Waals surface area contributed by atoms with Gasteiger partial charge in [0.25, 0.3) is 0 Å². The quantitative estimate of drug-likeness (QED) is 0.723. The molecule has 65 valence electrons. The smallest absolute Gasteiger partial charge is 0.125 e. The maximum absolute atomic E-state index is 9.71. The van der Waals surface area contributed by atoms with Gasteiger partial charge in [0.15, 0.2) is 0 Å². The number of hydrogen-bond acceptors (Lipinski definition) is 2.